The van der Waals surface area contributed by atoms with Gasteiger partial charge in [0.15, 0.2) is 0 Å². The molecule has 0 aliphatic heterocycles. The lowest BCUT2D eigenvalue weighted by atomic mass is 10.1. The molecule has 0 rings (SSSR count). The van der Waals surface area contributed by atoms with Gasteiger partial charge in [0.2, 0.25) is 5.91 Å². The number of carboxylic acid groups (broad SMARTS) is 3. The molecule has 0 saturated carbocycles. The van der Waals surface area contributed by atoms with Crippen molar-refractivity contribution in [1.29, 1.82) is 0 Å². The maximum Gasteiger partial charge on any atom is 0.317 e. The monoisotopic (exact) mass is 417 g/mol. The Labute approximate surface area is 171 Å². The summed E-state index contributed by atoms with van der Waals surface area (Å²) in [5.41, 5.74) is 0. The van der Waals surface area contributed by atoms with Crippen LogP contribution < -0.4 is 5.32 Å². The fraction of sp³-hybridized carbons (Fsp3) is 0.789. The van der Waals surface area contributed by atoms with Crippen LogP contribution >= 0.6 is 0 Å². The van der Waals surface area contributed by atoms with Crippen LogP contribution in [-0.2, 0) is 19.2 Å². The molecular weight excluding hydrogens is 382 g/mol. The number of hydrogen-bond donors (Lipinski definition) is 4. The highest BCUT2D eigenvalue weighted by atomic mass is 16.4. The fourth-order valence-electron chi connectivity index (χ4n) is 2.84. The van der Waals surface area contributed by atoms with E-state index >= 15 is 0 Å². The Balaban J connectivity index is 4.48. The number of amides is 1. The summed E-state index contributed by atoms with van der Waals surface area (Å²) in [6.07, 6.45) is 2.69. The third-order valence-corrected chi connectivity index (χ3v) is 4.42. The second kappa shape index (κ2) is 14.7. The number of carboxylic acids is 3. The number of unbranched alkanes of at least 4 members (excludes halogenated alkanes) is 1. The topological polar surface area (TPSA) is 147 Å². The van der Waals surface area contributed by atoms with Gasteiger partial charge in [-0.1, -0.05) is 20.3 Å². The van der Waals surface area contributed by atoms with Crippen molar-refractivity contribution in [3.05, 3.63) is 0 Å². The molecule has 0 heterocycles. The highest BCUT2D eigenvalue weighted by Crippen LogP contribution is 2.09. The lowest BCUT2D eigenvalue weighted by molar-refractivity contribution is -0.142. The summed E-state index contributed by atoms with van der Waals surface area (Å²) in [7, 11) is 0. The van der Waals surface area contributed by atoms with Crippen molar-refractivity contribution in [2.75, 3.05) is 39.3 Å². The van der Waals surface area contributed by atoms with Gasteiger partial charge in [0, 0.05) is 12.6 Å². The zero-order valence-corrected chi connectivity index (χ0v) is 17.6. The van der Waals surface area contributed by atoms with Gasteiger partial charge in [-0.15, -0.1) is 0 Å². The first-order valence-electron chi connectivity index (χ1n) is 9.89. The van der Waals surface area contributed by atoms with E-state index in [1.165, 1.54) is 4.90 Å². The molecule has 168 valence electrons. The van der Waals surface area contributed by atoms with E-state index in [1.807, 2.05) is 6.92 Å². The highest BCUT2D eigenvalue weighted by molar-refractivity contribution is 5.79. The molecule has 1 amide bonds. The Bertz CT molecular complexity index is 524. The molecule has 10 heteroatoms. The molecule has 0 radical (unpaired) electrons. The van der Waals surface area contributed by atoms with E-state index in [9.17, 15) is 19.2 Å². The molecule has 0 aliphatic carbocycles. The van der Waals surface area contributed by atoms with E-state index in [0.29, 0.717) is 38.3 Å². The number of hydrogen-bond acceptors (Lipinski definition) is 6. The Morgan fingerprint density at radius 2 is 1.34 bits per heavy atom. The molecule has 0 bridgehead atoms. The predicted molar refractivity (Wildman–Crippen MR) is 107 cm³/mol. The number of rotatable bonds is 17. The Morgan fingerprint density at radius 1 is 0.793 bits per heavy atom. The van der Waals surface area contributed by atoms with Crippen LogP contribution in [0.1, 0.15) is 46.5 Å². The largest absolute Gasteiger partial charge is 0.480 e. The van der Waals surface area contributed by atoms with Gasteiger partial charge in [-0.05, 0) is 38.6 Å². The quantitative estimate of drug-likeness (QED) is 0.249. The summed E-state index contributed by atoms with van der Waals surface area (Å²) < 4.78 is 0. The van der Waals surface area contributed by atoms with Gasteiger partial charge >= 0.3 is 17.9 Å². The number of aliphatic carboxylic acids is 3. The van der Waals surface area contributed by atoms with Gasteiger partial charge in [0.25, 0.3) is 0 Å². The molecule has 0 saturated heterocycles. The molecule has 10 nitrogen and oxygen atoms in total. The molecular formula is C19H35N3O7. The zero-order chi connectivity index (χ0) is 22.4. The van der Waals surface area contributed by atoms with Crippen molar-refractivity contribution in [1.82, 2.24) is 15.1 Å². The molecule has 4 N–H and O–H groups in total. The lowest BCUT2D eigenvalue weighted by Gasteiger charge is -2.27. The summed E-state index contributed by atoms with van der Waals surface area (Å²) in [6.45, 7) is 5.88. The fourth-order valence-corrected chi connectivity index (χ4v) is 2.84. The molecule has 0 fully saturated rings. The molecule has 0 aromatic carbocycles. The van der Waals surface area contributed by atoms with Crippen LogP contribution in [0.5, 0.6) is 0 Å². The van der Waals surface area contributed by atoms with Crippen LogP contribution in [-0.4, -0.2) is 94.2 Å². The smallest absolute Gasteiger partial charge is 0.317 e. The third-order valence-electron chi connectivity index (χ3n) is 4.42. The first-order valence-corrected chi connectivity index (χ1v) is 9.89. The van der Waals surface area contributed by atoms with Gasteiger partial charge in [-0.25, -0.2) is 0 Å². The van der Waals surface area contributed by atoms with E-state index in [0.717, 1.165) is 6.42 Å². The van der Waals surface area contributed by atoms with Crippen molar-refractivity contribution in [3.8, 4) is 0 Å². The maximum atomic E-state index is 12.1. The van der Waals surface area contributed by atoms with E-state index in [2.05, 4.69) is 19.2 Å². The Morgan fingerprint density at radius 3 is 1.83 bits per heavy atom. The van der Waals surface area contributed by atoms with Crippen molar-refractivity contribution in [2.45, 2.75) is 52.5 Å². The zero-order valence-electron chi connectivity index (χ0n) is 17.6. The highest BCUT2D eigenvalue weighted by Gasteiger charge is 2.20. The minimum Gasteiger partial charge on any atom is -0.480 e. The van der Waals surface area contributed by atoms with E-state index in [-0.39, 0.29) is 38.1 Å². The van der Waals surface area contributed by atoms with Crippen LogP contribution in [0.3, 0.4) is 0 Å². The molecule has 1 unspecified atom stereocenters. The molecule has 0 aromatic rings. The van der Waals surface area contributed by atoms with Crippen LogP contribution in [0.25, 0.3) is 0 Å². The maximum absolute atomic E-state index is 12.1. The van der Waals surface area contributed by atoms with Crippen molar-refractivity contribution < 1.29 is 34.5 Å². The molecule has 0 aromatic heterocycles. The second-order valence-electron chi connectivity index (χ2n) is 7.67. The van der Waals surface area contributed by atoms with Crippen LogP contribution in [0.2, 0.25) is 0 Å². The molecule has 0 spiro atoms. The predicted octanol–water partition coefficient (Wildman–Crippen LogP) is 0.565. The van der Waals surface area contributed by atoms with Gasteiger partial charge < -0.3 is 20.6 Å². The summed E-state index contributed by atoms with van der Waals surface area (Å²) >= 11 is 0. The van der Waals surface area contributed by atoms with Crippen molar-refractivity contribution in [2.24, 2.45) is 5.92 Å². The first kappa shape index (κ1) is 26.8. The number of nitrogens with zero attached hydrogens (tertiary/aromatic N) is 2. The average molecular weight is 418 g/mol. The minimum absolute atomic E-state index is 0.00425. The van der Waals surface area contributed by atoms with Crippen LogP contribution in [0, 0.1) is 5.92 Å². The normalized spacial score (nSPS) is 12.3. The number of carbonyl (C=O) groups excluding carboxylic acids is 1. The molecule has 1 atom stereocenters. The standard InChI is InChI=1S/C19H35N3O7/c1-14(2)7-8-20-16(23)10-22(13-19(28)29)15(3)6-4-5-9-21(11-17(24)25)12-18(26)27/h14-15H,4-13H2,1-3H3,(H,20,23)(H,24,25)(H,26,27)(H,28,29). The summed E-state index contributed by atoms with van der Waals surface area (Å²) in [5, 5.41) is 29.6. The van der Waals surface area contributed by atoms with E-state index < -0.39 is 17.9 Å². The first-order chi connectivity index (χ1) is 13.5. The van der Waals surface area contributed by atoms with Gasteiger partial charge in [0.1, 0.15) is 0 Å². The average Bonchev–Trinajstić information content (AvgIpc) is 2.55. The summed E-state index contributed by atoms with van der Waals surface area (Å²) in [4.78, 5) is 47.8. The Hall–Kier alpha value is -2.20. The summed E-state index contributed by atoms with van der Waals surface area (Å²) in [6, 6.07) is -0.158. The number of nitrogens with one attached hydrogen (secondary N) is 1. The molecule has 0 aliphatic rings. The minimum atomic E-state index is -1.09. The van der Waals surface area contributed by atoms with Crippen LogP contribution in [0.4, 0.5) is 0 Å². The van der Waals surface area contributed by atoms with Gasteiger partial charge in [-0.3, -0.25) is 29.0 Å². The lowest BCUT2D eigenvalue weighted by Crippen LogP contribution is -2.44. The van der Waals surface area contributed by atoms with Crippen LogP contribution in [0.15, 0.2) is 0 Å². The molecule has 29 heavy (non-hydrogen) atoms. The van der Waals surface area contributed by atoms with Crippen molar-refractivity contribution >= 4 is 23.8 Å². The number of carbonyl (C=O) groups is 4. The third kappa shape index (κ3) is 15.4. The van der Waals surface area contributed by atoms with E-state index in [4.69, 9.17) is 15.3 Å². The van der Waals surface area contributed by atoms with Gasteiger partial charge in [-0.2, -0.15) is 0 Å². The second-order valence-corrected chi connectivity index (χ2v) is 7.67. The van der Waals surface area contributed by atoms with E-state index in [1.54, 1.807) is 4.90 Å². The Kier molecular flexibility index (Phi) is 13.6. The van der Waals surface area contributed by atoms with Gasteiger partial charge in [0.05, 0.1) is 26.2 Å². The SMILES string of the molecule is CC(C)CCNC(=O)CN(CC(=O)O)C(C)CCCCN(CC(=O)O)CC(=O)O. The van der Waals surface area contributed by atoms with Crippen molar-refractivity contribution in [3.63, 3.8) is 0 Å². The summed E-state index contributed by atoms with van der Waals surface area (Å²) in [5.74, 6) is -2.94.